The van der Waals surface area contributed by atoms with Crippen molar-refractivity contribution in [3.8, 4) is 0 Å². The van der Waals surface area contributed by atoms with Gasteiger partial charge < -0.3 is 4.90 Å². The van der Waals surface area contributed by atoms with Crippen LogP contribution in [-0.4, -0.2) is 24.5 Å². The van der Waals surface area contributed by atoms with Gasteiger partial charge in [0.05, 0.1) is 0 Å². The summed E-state index contributed by atoms with van der Waals surface area (Å²) in [6.07, 6.45) is 2.81. The Hall–Kier alpha value is -0.0400. The van der Waals surface area contributed by atoms with E-state index in [-0.39, 0.29) is 6.40 Å². The minimum Gasteiger partial charge on any atom is -0.303 e. The third kappa shape index (κ3) is 0.655. The fourth-order valence-corrected chi connectivity index (χ4v) is 1.67. The second-order valence-electron chi connectivity index (χ2n) is 2.87. The maximum atomic E-state index is 7.62. The molecule has 0 spiro atoms. The summed E-state index contributed by atoms with van der Waals surface area (Å²) in [5, 5.41) is 0. The van der Waals surface area contributed by atoms with Gasteiger partial charge in [-0.1, -0.05) is 0 Å². The monoisotopic (exact) mass is 112 g/mol. The average molecular weight is 112 g/mol. The average Bonchev–Trinajstić information content (AvgIpc) is 1.90. The molecule has 3 saturated heterocycles. The number of hydrogen-bond acceptors (Lipinski definition) is 1. The highest BCUT2D eigenvalue weighted by Gasteiger charge is 2.24. The number of piperidine rings is 3. The largest absolute Gasteiger partial charge is 0.303 e. The summed E-state index contributed by atoms with van der Waals surface area (Å²) in [6.45, 7) is 3.57. The van der Waals surface area contributed by atoms with Crippen molar-refractivity contribution >= 4 is 0 Å². The van der Waals surface area contributed by atoms with Crippen molar-refractivity contribution in [3.63, 3.8) is 0 Å². The summed E-state index contributed by atoms with van der Waals surface area (Å²) < 4.78 is 7.62. The van der Waals surface area contributed by atoms with E-state index in [2.05, 4.69) is 4.90 Å². The fourth-order valence-electron chi connectivity index (χ4n) is 1.67. The minimum absolute atomic E-state index is 0.243. The van der Waals surface area contributed by atoms with Crippen LogP contribution in [0.1, 0.15) is 20.6 Å². The maximum Gasteiger partial charge on any atom is 0.0282 e. The van der Waals surface area contributed by atoms with Gasteiger partial charge >= 0.3 is 0 Å². The Morgan fingerprint density at radius 1 is 1.25 bits per heavy atom. The first-order valence-electron chi connectivity index (χ1n) is 4.08. The van der Waals surface area contributed by atoms with Crippen molar-refractivity contribution in [2.45, 2.75) is 19.2 Å². The first-order chi connectivity index (χ1) is 4.36. The van der Waals surface area contributed by atoms with Gasteiger partial charge in [0, 0.05) is 1.37 Å². The molecule has 0 N–H and O–H groups in total. The number of rotatable bonds is 0. The van der Waals surface area contributed by atoms with Crippen molar-refractivity contribution in [3.05, 3.63) is 0 Å². The molecule has 3 heterocycles. The Bertz CT molecular complexity index is 107. The second-order valence-corrected chi connectivity index (χ2v) is 2.87. The molecule has 0 aromatic carbocycles. The molecule has 3 rings (SSSR count). The van der Waals surface area contributed by atoms with E-state index in [1.165, 1.54) is 25.9 Å². The Morgan fingerprint density at radius 3 is 2.25 bits per heavy atom. The van der Waals surface area contributed by atoms with Crippen LogP contribution in [-0.2, 0) is 0 Å². The van der Waals surface area contributed by atoms with E-state index in [0.29, 0.717) is 0 Å². The molecular formula is C7H13N. The van der Waals surface area contributed by atoms with Crippen LogP contribution in [0, 0.1) is 5.92 Å². The SMILES string of the molecule is [2H]C1CN2CCC1CC2. The normalized spacial score (nSPS) is 56.0. The molecule has 3 fully saturated rings. The lowest BCUT2D eigenvalue weighted by Crippen LogP contribution is -2.41. The molecule has 0 radical (unpaired) electrons. The molecule has 1 nitrogen and oxygen atoms in total. The highest BCUT2D eigenvalue weighted by Crippen LogP contribution is 2.26. The fraction of sp³-hybridized carbons (Fsp3) is 1.00. The van der Waals surface area contributed by atoms with Crippen LogP contribution in [0.15, 0.2) is 0 Å². The highest BCUT2D eigenvalue weighted by atomic mass is 15.1. The standard InChI is InChI=1S/C7H13N/c1-4-8-5-2-7(1)3-6-8/h7H,1-6H2/i1D. The van der Waals surface area contributed by atoms with Crippen molar-refractivity contribution < 1.29 is 1.37 Å². The molecule has 1 heteroatoms. The van der Waals surface area contributed by atoms with E-state index in [9.17, 15) is 0 Å². The molecule has 1 unspecified atom stereocenters. The molecule has 0 amide bonds. The predicted molar refractivity (Wildman–Crippen MR) is 33.8 cm³/mol. The van der Waals surface area contributed by atoms with Gasteiger partial charge in [-0.05, 0) is 44.8 Å². The number of fused-ring (bicyclic) bond motifs is 3. The van der Waals surface area contributed by atoms with Crippen molar-refractivity contribution in [1.29, 1.82) is 0 Å². The van der Waals surface area contributed by atoms with Crippen molar-refractivity contribution in [1.82, 2.24) is 4.90 Å². The van der Waals surface area contributed by atoms with Crippen molar-refractivity contribution in [2.75, 3.05) is 19.6 Å². The number of nitrogens with zero attached hydrogens (tertiary/aromatic N) is 1. The summed E-state index contributed by atoms with van der Waals surface area (Å²) in [5.41, 5.74) is 0. The van der Waals surface area contributed by atoms with Gasteiger partial charge in [0.25, 0.3) is 0 Å². The Labute approximate surface area is 52.1 Å². The summed E-state index contributed by atoms with van der Waals surface area (Å²) >= 11 is 0. The molecule has 0 saturated carbocycles. The van der Waals surface area contributed by atoms with Crippen LogP contribution in [0.3, 0.4) is 0 Å². The lowest BCUT2D eigenvalue weighted by atomic mass is 9.89. The van der Waals surface area contributed by atoms with Gasteiger partial charge in [-0.2, -0.15) is 0 Å². The molecular weight excluding hydrogens is 98.1 g/mol. The Kier molecular flexibility index (Phi) is 0.840. The molecule has 1 atom stereocenters. The highest BCUT2D eigenvalue weighted by molar-refractivity contribution is 4.78. The van der Waals surface area contributed by atoms with E-state index in [4.69, 9.17) is 1.37 Å². The second kappa shape index (κ2) is 1.73. The van der Waals surface area contributed by atoms with E-state index in [1.54, 1.807) is 0 Å². The lowest BCUT2D eigenvalue weighted by molar-refractivity contribution is 0.111. The van der Waals surface area contributed by atoms with Gasteiger partial charge in [0.2, 0.25) is 0 Å². The van der Waals surface area contributed by atoms with Crippen LogP contribution >= 0.6 is 0 Å². The summed E-state index contributed by atoms with van der Waals surface area (Å²) in [6, 6.07) is 0. The Balaban J connectivity index is 2.06. The predicted octanol–water partition coefficient (Wildman–Crippen LogP) is 1.10. The van der Waals surface area contributed by atoms with Gasteiger partial charge in [-0.15, -0.1) is 0 Å². The first kappa shape index (κ1) is 3.89. The molecule has 3 aliphatic rings. The maximum absolute atomic E-state index is 7.62. The van der Waals surface area contributed by atoms with Gasteiger partial charge in [0.1, 0.15) is 0 Å². The van der Waals surface area contributed by atoms with Gasteiger partial charge in [-0.3, -0.25) is 0 Å². The van der Waals surface area contributed by atoms with Gasteiger partial charge in [0.15, 0.2) is 0 Å². The van der Waals surface area contributed by atoms with E-state index >= 15 is 0 Å². The first-order valence-corrected chi connectivity index (χ1v) is 3.51. The van der Waals surface area contributed by atoms with Crippen LogP contribution in [0.4, 0.5) is 0 Å². The molecule has 46 valence electrons. The molecule has 0 aromatic heterocycles. The molecule has 0 aromatic rings. The summed E-state index contributed by atoms with van der Waals surface area (Å²) in [4.78, 5) is 2.41. The van der Waals surface area contributed by atoms with Crippen LogP contribution in [0.5, 0.6) is 0 Å². The molecule has 8 heavy (non-hydrogen) atoms. The zero-order chi connectivity index (χ0) is 6.27. The van der Waals surface area contributed by atoms with Gasteiger partial charge in [-0.25, -0.2) is 0 Å². The lowest BCUT2D eigenvalue weighted by Gasteiger charge is -2.38. The number of hydrogen-bond donors (Lipinski definition) is 0. The van der Waals surface area contributed by atoms with Crippen molar-refractivity contribution in [2.24, 2.45) is 5.92 Å². The topological polar surface area (TPSA) is 3.24 Å². The third-order valence-electron chi connectivity index (χ3n) is 2.33. The minimum atomic E-state index is 0.243. The Morgan fingerprint density at radius 2 is 2.00 bits per heavy atom. The zero-order valence-electron chi connectivity index (χ0n) is 6.14. The van der Waals surface area contributed by atoms with Crippen LogP contribution < -0.4 is 0 Å². The van der Waals surface area contributed by atoms with E-state index in [1.807, 2.05) is 0 Å². The summed E-state index contributed by atoms with van der Waals surface area (Å²) in [7, 11) is 0. The molecule has 0 aliphatic carbocycles. The van der Waals surface area contributed by atoms with Crippen LogP contribution in [0.2, 0.25) is 0 Å². The van der Waals surface area contributed by atoms with E-state index < -0.39 is 0 Å². The smallest absolute Gasteiger partial charge is 0.0282 e. The van der Waals surface area contributed by atoms with Crippen LogP contribution in [0.25, 0.3) is 0 Å². The van der Waals surface area contributed by atoms with E-state index in [0.717, 1.165) is 12.5 Å². The zero-order valence-corrected chi connectivity index (χ0v) is 5.14. The third-order valence-corrected chi connectivity index (χ3v) is 2.33. The summed E-state index contributed by atoms with van der Waals surface area (Å²) in [5.74, 6) is 0.745. The quantitative estimate of drug-likeness (QED) is 0.453. The molecule has 2 bridgehead atoms. The molecule has 3 aliphatic heterocycles.